The monoisotopic (exact) mass is 1520 g/mol. The highest BCUT2D eigenvalue weighted by molar-refractivity contribution is 5.71. The van der Waals surface area contributed by atoms with E-state index < -0.39 is 0 Å². The molecule has 3 aliphatic carbocycles. The highest BCUT2D eigenvalue weighted by atomic mass is 16.6. The maximum Gasteiger partial charge on any atom is 0.408 e. The Kier molecular flexibility index (Phi) is 27.0. The van der Waals surface area contributed by atoms with Gasteiger partial charge in [-0.2, -0.15) is 0 Å². The predicted molar refractivity (Wildman–Crippen MR) is 412 cm³/mol. The summed E-state index contributed by atoms with van der Waals surface area (Å²) in [5.74, 6) is -0.252. The SMILES string of the molecule is CC1(C)CC(NC(=O)OC2CCN3CCN2CC3)CC(C)(CCC(=O)OC2CCN3CCN2CC3)C1.CC1(C)CC(NC(=O)OC2CCN3CCN2CC3)CC(C)(CCC(=O)OCC2CN3CCN2CC3)C1.CC1(C)CC(NC(=O)OCC2CN3CCN2CC3)CC(C)(CCC(=O)OC2CCN3CCN2CC3)C1. The van der Waals surface area contributed by atoms with E-state index in [1.165, 1.54) is 0 Å². The third kappa shape index (κ3) is 23.0. The zero-order valence-corrected chi connectivity index (χ0v) is 68.0. The van der Waals surface area contributed by atoms with E-state index in [4.69, 9.17) is 28.4 Å². The van der Waals surface area contributed by atoms with Crippen LogP contribution in [0.2, 0.25) is 0 Å². The van der Waals surface area contributed by atoms with E-state index in [-0.39, 0.29) is 112 Å². The Hall–Kier alpha value is -4.26. The number of carbonyl (C=O) groups excluding carboxylic acids is 6. The van der Waals surface area contributed by atoms with Gasteiger partial charge in [0, 0.05) is 259 Å². The van der Waals surface area contributed by atoms with Crippen LogP contribution in [0.1, 0.15) is 184 Å². The molecule has 612 valence electrons. The van der Waals surface area contributed by atoms with E-state index in [1.54, 1.807) is 0 Å². The van der Waals surface area contributed by atoms with Crippen molar-refractivity contribution in [3.63, 3.8) is 0 Å². The average molecular weight is 1520 g/mol. The van der Waals surface area contributed by atoms with Crippen LogP contribution < -0.4 is 16.0 Å². The van der Waals surface area contributed by atoms with Gasteiger partial charge in [-0.05, 0) is 110 Å². The van der Waals surface area contributed by atoms with E-state index in [1.807, 2.05) is 0 Å². The van der Waals surface area contributed by atoms with E-state index >= 15 is 0 Å². The first-order chi connectivity index (χ1) is 51.5. The van der Waals surface area contributed by atoms with Gasteiger partial charge in [0.1, 0.15) is 13.2 Å². The van der Waals surface area contributed by atoms with E-state index in [9.17, 15) is 28.8 Å². The molecular weight excluding hydrogens is 1370 g/mol. The number of piperazine rings is 10. The fourth-order valence-corrected chi connectivity index (χ4v) is 23.0. The summed E-state index contributed by atoms with van der Waals surface area (Å²) in [5, 5.41) is 9.57. The molecule has 21 aliphatic rings. The van der Waals surface area contributed by atoms with Gasteiger partial charge in [-0.1, -0.05) is 62.3 Å². The van der Waals surface area contributed by atoms with Gasteiger partial charge in [0.15, 0.2) is 24.9 Å². The Morgan fingerprint density at radius 3 is 0.870 bits per heavy atom. The molecule has 3 amide bonds. The van der Waals surface area contributed by atoms with Gasteiger partial charge in [-0.3, -0.25) is 53.6 Å². The van der Waals surface area contributed by atoms with Crippen molar-refractivity contribution in [3.05, 3.63) is 0 Å². The molecule has 12 bridgehead atoms. The number of hydrogen-bond acceptors (Lipinski definition) is 24. The topological polar surface area (TPSA) is 233 Å². The standard InChI is InChI=1S/3C27H47N5O4/c1-26(2)18-21(28-25(34)36-23-6-9-30-12-16-32(23)17-13-30)19-27(3,20-26)7-4-24(33)35-22-5-8-29-10-14-31(22)15-11-29;1-26(2)16-21(28-25(34)35-19-22-18-30-10-12-31(22)13-11-30)17-27(3,20-26)6-4-24(33)36-23-5-7-29-8-14-32(23)15-9-29;1-26(2)16-21(28-25(34)36-23-5-7-29-8-14-32(23)15-9-29)17-27(3,20-26)6-4-24(33)35-19-22-18-30-10-12-31(22)13-11-30/h3*21-23H,4-20H2,1-3H3,(H,28,34). The van der Waals surface area contributed by atoms with Crippen LogP contribution in [-0.4, -0.2) is 360 Å². The molecule has 12 atom stereocenters. The number of amides is 3. The highest BCUT2D eigenvalue weighted by Gasteiger charge is 2.47. The lowest BCUT2D eigenvalue weighted by molar-refractivity contribution is -0.161. The fraction of sp³-hybridized carbons (Fsp3) is 0.926. The Morgan fingerprint density at radius 1 is 0.296 bits per heavy atom. The van der Waals surface area contributed by atoms with Crippen molar-refractivity contribution in [2.45, 2.75) is 239 Å². The predicted octanol–water partition coefficient (Wildman–Crippen LogP) is 6.25. The van der Waals surface area contributed by atoms with Crippen LogP contribution >= 0.6 is 0 Å². The first-order valence-electron chi connectivity index (χ1n) is 42.7. The van der Waals surface area contributed by atoms with Crippen LogP contribution in [0, 0.1) is 32.5 Å². The van der Waals surface area contributed by atoms with Crippen molar-refractivity contribution < 1.29 is 57.2 Å². The maximum atomic E-state index is 12.9. The number of nitrogens with one attached hydrogen (secondary N) is 3. The van der Waals surface area contributed by atoms with Gasteiger partial charge < -0.3 is 64.0 Å². The molecule has 21 fully saturated rings. The molecule has 21 rings (SSSR count). The average Bonchev–Trinajstić information content (AvgIpc) is 0.809. The molecule has 0 radical (unpaired) electrons. The van der Waals surface area contributed by atoms with Gasteiger partial charge in [-0.25, -0.2) is 14.4 Å². The van der Waals surface area contributed by atoms with Crippen LogP contribution in [0.5, 0.6) is 0 Å². The molecule has 0 aromatic carbocycles. The van der Waals surface area contributed by atoms with Crippen molar-refractivity contribution in [1.29, 1.82) is 0 Å². The second-order valence-electron chi connectivity index (χ2n) is 39.2. The summed E-state index contributed by atoms with van der Waals surface area (Å²) in [6.45, 7) is 52.7. The molecule has 0 aromatic heterocycles. The third-order valence-corrected chi connectivity index (χ3v) is 27.8. The molecule has 3 saturated carbocycles. The molecule has 0 spiro atoms. The zero-order chi connectivity index (χ0) is 76.0. The first-order valence-corrected chi connectivity index (χ1v) is 42.7. The van der Waals surface area contributed by atoms with Crippen molar-refractivity contribution in [2.24, 2.45) is 32.5 Å². The van der Waals surface area contributed by atoms with E-state index in [0.717, 1.165) is 299 Å². The number of esters is 3. The lowest BCUT2D eigenvalue weighted by Crippen LogP contribution is -2.62. The molecule has 18 heterocycles. The summed E-state index contributed by atoms with van der Waals surface area (Å²) >= 11 is 0. The van der Waals surface area contributed by atoms with Crippen molar-refractivity contribution in [1.82, 2.24) is 74.7 Å². The molecular formula is C81H141N15O12. The smallest absolute Gasteiger partial charge is 0.408 e. The number of ether oxygens (including phenoxy) is 6. The fourth-order valence-electron chi connectivity index (χ4n) is 23.0. The molecule has 27 nitrogen and oxygen atoms in total. The lowest BCUT2D eigenvalue weighted by atomic mass is 9.61. The van der Waals surface area contributed by atoms with Crippen molar-refractivity contribution >= 4 is 36.2 Å². The molecule has 12 unspecified atom stereocenters. The number of alkyl carbamates (subject to hydrolysis) is 3. The number of fused-ring (bicyclic) bond motifs is 22. The minimum Gasteiger partial charge on any atom is -0.464 e. The van der Waals surface area contributed by atoms with Gasteiger partial charge >= 0.3 is 36.2 Å². The molecule has 3 N–H and O–H groups in total. The third-order valence-electron chi connectivity index (χ3n) is 27.8. The molecule has 108 heavy (non-hydrogen) atoms. The van der Waals surface area contributed by atoms with Gasteiger partial charge in [0.2, 0.25) is 0 Å². The second kappa shape index (κ2) is 35.6. The molecule has 0 aromatic rings. The van der Waals surface area contributed by atoms with Gasteiger partial charge in [0.25, 0.3) is 0 Å². The molecule has 18 saturated heterocycles. The lowest BCUT2D eigenvalue weighted by Gasteiger charge is -2.47. The van der Waals surface area contributed by atoms with Crippen molar-refractivity contribution in [3.8, 4) is 0 Å². The first kappa shape index (κ1) is 81.7. The van der Waals surface area contributed by atoms with Crippen LogP contribution in [-0.2, 0) is 42.8 Å². The maximum absolute atomic E-state index is 12.9. The van der Waals surface area contributed by atoms with Crippen LogP contribution in [0.15, 0.2) is 0 Å². The molecule has 27 heteroatoms. The highest BCUT2D eigenvalue weighted by Crippen LogP contribution is 2.51. The Morgan fingerprint density at radius 2 is 0.565 bits per heavy atom. The molecule has 18 aliphatic heterocycles. The summed E-state index contributed by atoms with van der Waals surface area (Å²) in [5.41, 5.74) is 0.216. The summed E-state index contributed by atoms with van der Waals surface area (Å²) in [6.07, 6.45) is 14.5. The normalized spacial score (nSPS) is 41.5. The Bertz CT molecular complexity index is 3000. The number of nitrogens with zero attached hydrogens (tertiary/aromatic N) is 12. The van der Waals surface area contributed by atoms with Gasteiger partial charge in [0.05, 0.1) is 12.1 Å². The minimum absolute atomic E-state index is 0.0183. The summed E-state index contributed by atoms with van der Waals surface area (Å²) < 4.78 is 35.2. The largest absolute Gasteiger partial charge is 0.464 e. The summed E-state index contributed by atoms with van der Waals surface area (Å²) in [4.78, 5) is 106. The van der Waals surface area contributed by atoms with Crippen LogP contribution in [0.4, 0.5) is 14.4 Å². The van der Waals surface area contributed by atoms with Crippen LogP contribution in [0.25, 0.3) is 0 Å². The van der Waals surface area contributed by atoms with Gasteiger partial charge in [-0.15, -0.1) is 0 Å². The Labute approximate surface area is 646 Å². The second-order valence-corrected chi connectivity index (χ2v) is 39.2. The number of rotatable bonds is 20. The number of carbonyl (C=O) groups is 6. The van der Waals surface area contributed by atoms with Crippen LogP contribution in [0.3, 0.4) is 0 Å². The van der Waals surface area contributed by atoms with E-state index in [2.05, 4.69) is 137 Å². The van der Waals surface area contributed by atoms with E-state index in [0.29, 0.717) is 44.6 Å². The minimum atomic E-state index is -0.301. The quantitative estimate of drug-likeness (QED) is 0.0903. The Balaban J connectivity index is 0.000000143. The summed E-state index contributed by atoms with van der Waals surface area (Å²) in [7, 11) is 0. The zero-order valence-electron chi connectivity index (χ0n) is 68.0. The summed E-state index contributed by atoms with van der Waals surface area (Å²) in [6, 6.07) is 0.835. The van der Waals surface area contributed by atoms with Crippen molar-refractivity contribution in [2.75, 3.05) is 210 Å². The number of hydrogen-bond donors (Lipinski definition) is 3.